The van der Waals surface area contributed by atoms with E-state index in [4.69, 9.17) is 0 Å². The van der Waals surface area contributed by atoms with Crippen LogP contribution in [0.15, 0.2) is 46.1 Å². The third-order valence-corrected chi connectivity index (χ3v) is 6.34. The number of benzene rings is 2. The Morgan fingerprint density at radius 1 is 1.19 bits per heavy atom. The van der Waals surface area contributed by atoms with Gasteiger partial charge in [-0.3, -0.25) is 9.52 Å². The Bertz CT molecular complexity index is 1180. The quantitative estimate of drug-likeness (QED) is 0.689. The number of anilines is 1. The summed E-state index contributed by atoms with van der Waals surface area (Å²) in [6.45, 7) is 1.73. The predicted octanol–water partition coefficient (Wildman–Crippen LogP) is 2.50. The molecule has 0 aliphatic carbocycles. The van der Waals surface area contributed by atoms with Crippen molar-refractivity contribution in [2.24, 2.45) is 7.05 Å². The maximum Gasteiger partial charge on any atom is 0.337 e. The van der Waals surface area contributed by atoms with Gasteiger partial charge in [-0.1, -0.05) is 17.4 Å². The molecule has 0 amide bonds. The van der Waals surface area contributed by atoms with Gasteiger partial charge >= 0.3 is 10.8 Å². The zero-order chi connectivity index (χ0) is 19.1. The first-order chi connectivity index (χ1) is 12.2. The monoisotopic (exact) mass is 392 g/mol. The Balaban J connectivity index is 2.01. The van der Waals surface area contributed by atoms with Crippen molar-refractivity contribution in [3.63, 3.8) is 0 Å². The highest BCUT2D eigenvalue weighted by Crippen LogP contribution is 2.25. The van der Waals surface area contributed by atoms with E-state index in [1.165, 1.54) is 29.9 Å². The molecule has 0 atom stereocenters. The molecule has 3 aromatic rings. The van der Waals surface area contributed by atoms with Gasteiger partial charge in [-0.15, -0.1) is 0 Å². The second-order valence-corrected chi connectivity index (χ2v) is 8.36. The topological polar surface area (TPSA) is 94.5 Å². The van der Waals surface area contributed by atoms with Crippen LogP contribution in [0, 0.1) is 6.92 Å². The number of fused-ring (bicyclic) bond motifs is 1. The first kappa shape index (κ1) is 18.2. The van der Waals surface area contributed by atoms with Gasteiger partial charge in [0.25, 0.3) is 10.0 Å². The molecular formula is C17H16N2O5S2. The van der Waals surface area contributed by atoms with Crippen LogP contribution in [0.2, 0.25) is 0 Å². The molecule has 1 N–H and O–H groups in total. The number of aryl methyl sites for hydroxylation is 2. The molecule has 7 nitrogen and oxygen atoms in total. The molecule has 0 aliphatic rings. The van der Waals surface area contributed by atoms with Gasteiger partial charge in [0.15, 0.2) is 0 Å². The number of carbonyl (C=O) groups is 1. The van der Waals surface area contributed by atoms with E-state index in [0.29, 0.717) is 15.8 Å². The van der Waals surface area contributed by atoms with E-state index in [1.807, 2.05) is 0 Å². The van der Waals surface area contributed by atoms with Crippen molar-refractivity contribution >= 4 is 43.2 Å². The van der Waals surface area contributed by atoms with E-state index < -0.39 is 16.0 Å². The summed E-state index contributed by atoms with van der Waals surface area (Å²) in [6.07, 6.45) is 0. The standard InChI is InChI=1S/C17H16N2O5S2/c1-10-4-5-11(16(20)24-3)8-13(10)18-26(22,23)12-6-7-14-15(9-12)25-17(21)19(14)2/h4-9,18H,1-3H3. The average Bonchev–Trinajstić information content (AvgIpc) is 2.89. The summed E-state index contributed by atoms with van der Waals surface area (Å²) in [5, 5.41) is 0. The summed E-state index contributed by atoms with van der Waals surface area (Å²) in [5.41, 5.74) is 1.86. The van der Waals surface area contributed by atoms with Crippen LogP contribution in [0.4, 0.5) is 5.69 Å². The SMILES string of the molecule is COC(=O)c1ccc(C)c(NS(=O)(=O)c2ccc3c(c2)sc(=O)n3C)c1. The summed E-state index contributed by atoms with van der Waals surface area (Å²) < 4.78 is 34.7. The molecule has 3 rings (SSSR count). The smallest absolute Gasteiger partial charge is 0.337 e. The van der Waals surface area contributed by atoms with Crippen LogP contribution in [-0.2, 0) is 21.8 Å². The van der Waals surface area contributed by atoms with Crippen molar-refractivity contribution in [3.05, 3.63) is 57.2 Å². The molecule has 0 fully saturated rings. The minimum atomic E-state index is -3.89. The Kier molecular flexibility index (Phi) is 4.59. The van der Waals surface area contributed by atoms with Gasteiger partial charge in [0.1, 0.15) is 0 Å². The Morgan fingerprint density at radius 3 is 2.62 bits per heavy atom. The van der Waals surface area contributed by atoms with Gasteiger partial charge < -0.3 is 9.30 Å². The van der Waals surface area contributed by atoms with Crippen LogP contribution in [-0.4, -0.2) is 26.1 Å². The van der Waals surface area contributed by atoms with Gasteiger partial charge in [-0.25, -0.2) is 13.2 Å². The third-order valence-electron chi connectivity index (χ3n) is 3.98. The summed E-state index contributed by atoms with van der Waals surface area (Å²) in [7, 11) is -0.996. The minimum Gasteiger partial charge on any atom is -0.465 e. The number of nitrogens with zero attached hydrogens (tertiary/aromatic N) is 1. The number of methoxy groups -OCH3 is 1. The highest BCUT2D eigenvalue weighted by molar-refractivity contribution is 7.92. The number of hydrogen-bond acceptors (Lipinski definition) is 6. The van der Waals surface area contributed by atoms with Crippen LogP contribution in [0.1, 0.15) is 15.9 Å². The third kappa shape index (κ3) is 3.23. The minimum absolute atomic E-state index is 0.0368. The van der Waals surface area contributed by atoms with Gasteiger partial charge in [-0.2, -0.15) is 0 Å². The van der Waals surface area contributed by atoms with E-state index in [0.717, 1.165) is 11.3 Å². The Hall–Kier alpha value is -2.65. The molecule has 2 aromatic carbocycles. The number of nitrogens with one attached hydrogen (secondary N) is 1. The maximum atomic E-state index is 12.7. The number of esters is 1. The Morgan fingerprint density at radius 2 is 1.92 bits per heavy atom. The molecule has 0 radical (unpaired) electrons. The zero-order valence-corrected chi connectivity index (χ0v) is 15.9. The lowest BCUT2D eigenvalue weighted by Gasteiger charge is -2.12. The number of sulfonamides is 1. The fourth-order valence-electron chi connectivity index (χ4n) is 2.46. The van der Waals surface area contributed by atoms with Crippen LogP contribution in [0.5, 0.6) is 0 Å². The lowest BCUT2D eigenvalue weighted by atomic mass is 10.1. The number of hydrogen-bond donors (Lipinski definition) is 1. The number of aromatic nitrogens is 1. The van der Waals surface area contributed by atoms with Crippen molar-refractivity contribution in [2.45, 2.75) is 11.8 Å². The molecule has 0 saturated carbocycles. The normalized spacial score (nSPS) is 11.5. The number of rotatable bonds is 4. The largest absolute Gasteiger partial charge is 0.465 e. The molecule has 0 unspecified atom stereocenters. The zero-order valence-electron chi connectivity index (χ0n) is 14.3. The van der Waals surface area contributed by atoms with E-state index in [1.54, 1.807) is 32.2 Å². The van der Waals surface area contributed by atoms with Crippen LogP contribution < -0.4 is 9.60 Å². The molecule has 0 saturated heterocycles. The van der Waals surface area contributed by atoms with Crippen molar-refractivity contribution in [3.8, 4) is 0 Å². The summed E-state index contributed by atoms with van der Waals surface area (Å²) in [4.78, 5) is 23.3. The van der Waals surface area contributed by atoms with Gasteiger partial charge in [0.05, 0.1) is 33.5 Å². The van der Waals surface area contributed by atoms with Crippen molar-refractivity contribution < 1.29 is 17.9 Å². The molecular weight excluding hydrogens is 376 g/mol. The fraction of sp³-hybridized carbons (Fsp3) is 0.176. The second-order valence-electron chi connectivity index (χ2n) is 5.68. The molecule has 0 bridgehead atoms. The summed E-state index contributed by atoms with van der Waals surface area (Å²) >= 11 is 0.982. The predicted molar refractivity (Wildman–Crippen MR) is 100 cm³/mol. The highest BCUT2D eigenvalue weighted by Gasteiger charge is 2.18. The highest BCUT2D eigenvalue weighted by atomic mass is 32.2. The van der Waals surface area contributed by atoms with Crippen molar-refractivity contribution in [1.82, 2.24) is 4.57 Å². The molecule has 1 aromatic heterocycles. The lowest BCUT2D eigenvalue weighted by Crippen LogP contribution is -2.14. The molecule has 136 valence electrons. The summed E-state index contributed by atoms with van der Waals surface area (Å²) in [6, 6.07) is 9.12. The van der Waals surface area contributed by atoms with Gasteiger partial charge in [0.2, 0.25) is 0 Å². The van der Waals surface area contributed by atoms with Gasteiger partial charge in [0, 0.05) is 7.05 Å². The second kappa shape index (κ2) is 6.58. The van der Waals surface area contributed by atoms with Crippen molar-refractivity contribution in [2.75, 3.05) is 11.8 Å². The fourth-order valence-corrected chi connectivity index (χ4v) is 4.60. The van der Waals surface area contributed by atoms with E-state index in [-0.39, 0.29) is 21.0 Å². The van der Waals surface area contributed by atoms with Crippen LogP contribution >= 0.6 is 11.3 Å². The first-order valence-corrected chi connectivity index (χ1v) is 9.84. The molecule has 0 spiro atoms. The Labute approximate surface area is 153 Å². The maximum absolute atomic E-state index is 12.7. The number of thiazole rings is 1. The molecule has 1 heterocycles. The van der Waals surface area contributed by atoms with Crippen LogP contribution in [0.3, 0.4) is 0 Å². The molecule has 0 aliphatic heterocycles. The molecule has 9 heteroatoms. The van der Waals surface area contributed by atoms with Crippen molar-refractivity contribution in [1.29, 1.82) is 0 Å². The summed E-state index contributed by atoms with van der Waals surface area (Å²) in [5.74, 6) is -0.555. The van der Waals surface area contributed by atoms with Gasteiger partial charge in [-0.05, 0) is 42.8 Å². The lowest BCUT2D eigenvalue weighted by molar-refractivity contribution is 0.0601. The average molecular weight is 392 g/mol. The molecule has 26 heavy (non-hydrogen) atoms. The van der Waals surface area contributed by atoms with Crippen LogP contribution in [0.25, 0.3) is 10.2 Å². The van der Waals surface area contributed by atoms with E-state index in [9.17, 15) is 18.0 Å². The van der Waals surface area contributed by atoms with E-state index >= 15 is 0 Å². The number of ether oxygens (including phenoxy) is 1. The van der Waals surface area contributed by atoms with E-state index in [2.05, 4.69) is 9.46 Å². The number of carbonyl (C=O) groups excluding carboxylic acids is 1. The first-order valence-electron chi connectivity index (χ1n) is 7.54.